The summed E-state index contributed by atoms with van der Waals surface area (Å²) in [6.45, 7) is 3.31. The van der Waals surface area contributed by atoms with Gasteiger partial charge in [-0.05, 0) is 81.7 Å². The van der Waals surface area contributed by atoms with Crippen LogP contribution in [0.15, 0.2) is 18.2 Å². The molecule has 0 bridgehead atoms. The number of benzene rings is 1. The number of carbonyl (C=O) groups is 3. The number of nitriles is 1. The maximum absolute atomic E-state index is 12.9. The van der Waals surface area contributed by atoms with Crippen LogP contribution in [0.5, 0.6) is 5.75 Å². The van der Waals surface area contributed by atoms with Gasteiger partial charge < -0.3 is 15.0 Å². The number of nitrogens with zero attached hydrogens (tertiary/aromatic N) is 2. The molecule has 2 saturated carbocycles. The maximum atomic E-state index is 12.9. The summed E-state index contributed by atoms with van der Waals surface area (Å²) in [5, 5.41) is 15.3. The van der Waals surface area contributed by atoms with Crippen molar-refractivity contribution in [3.05, 3.63) is 29.3 Å². The molecule has 1 saturated heterocycles. The Labute approximate surface area is 200 Å². The second kappa shape index (κ2) is 9.03. The number of piperidine rings is 1. The smallest absolute Gasteiger partial charge is 0.255 e. The summed E-state index contributed by atoms with van der Waals surface area (Å²) in [7, 11) is 0. The highest BCUT2D eigenvalue weighted by Gasteiger charge is 2.41. The van der Waals surface area contributed by atoms with E-state index in [9.17, 15) is 19.6 Å². The van der Waals surface area contributed by atoms with Crippen LogP contribution < -0.4 is 15.4 Å². The van der Waals surface area contributed by atoms with Gasteiger partial charge in [-0.15, -0.1) is 0 Å². The molecule has 0 radical (unpaired) electrons. The van der Waals surface area contributed by atoms with Gasteiger partial charge >= 0.3 is 0 Å². The number of carbonyl (C=O) groups excluding carboxylic acids is 3. The molecule has 34 heavy (non-hydrogen) atoms. The van der Waals surface area contributed by atoms with Gasteiger partial charge in [-0.2, -0.15) is 5.26 Å². The lowest BCUT2D eigenvalue weighted by atomic mass is 9.64. The molecule has 0 spiro atoms. The van der Waals surface area contributed by atoms with Gasteiger partial charge in [0.25, 0.3) is 5.91 Å². The summed E-state index contributed by atoms with van der Waals surface area (Å²) in [6, 6.07) is 7.66. The van der Waals surface area contributed by atoms with E-state index in [0.717, 1.165) is 50.0 Å². The van der Waals surface area contributed by atoms with Crippen LogP contribution in [0.4, 0.5) is 0 Å². The quantitative estimate of drug-likeness (QED) is 0.626. The van der Waals surface area contributed by atoms with Gasteiger partial charge in [0.1, 0.15) is 17.9 Å². The molecular formula is C26H32N4O4. The summed E-state index contributed by atoms with van der Waals surface area (Å²) in [5.74, 6) is 0.449. The Morgan fingerprint density at radius 1 is 1.21 bits per heavy atom. The van der Waals surface area contributed by atoms with E-state index in [2.05, 4.69) is 16.7 Å². The number of amides is 3. The molecule has 3 fully saturated rings. The SMILES string of the molecule is CC1(C#N)CC(CNC2CCCCC2Oc2ccc3c(c2)CN(C2CCC(=O)NC2=O)C3=O)C1. The minimum atomic E-state index is -0.608. The monoisotopic (exact) mass is 464 g/mol. The lowest BCUT2D eigenvalue weighted by Gasteiger charge is -2.41. The number of rotatable bonds is 6. The Morgan fingerprint density at radius 3 is 2.76 bits per heavy atom. The summed E-state index contributed by atoms with van der Waals surface area (Å²) in [5.41, 5.74) is 1.30. The standard InChI is InChI=1S/C26H32N4O4/c1-26(15-27)11-16(12-26)13-28-20-4-2-3-5-22(20)34-18-6-7-19-17(10-18)14-30(25(19)33)21-8-9-23(31)29-24(21)32/h6-7,10,16,20-22,28H,2-5,8-9,11-14H2,1H3,(H,29,31,32). The Morgan fingerprint density at radius 2 is 2.00 bits per heavy atom. The summed E-state index contributed by atoms with van der Waals surface area (Å²) in [6.07, 6.45) is 6.95. The largest absolute Gasteiger partial charge is 0.489 e. The van der Waals surface area contributed by atoms with Gasteiger partial charge in [0.05, 0.1) is 11.5 Å². The van der Waals surface area contributed by atoms with Gasteiger partial charge in [-0.3, -0.25) is 19.7 Å². The topological polar surface area (TPSA) is 112 Å². The lowest BCUT2D eigenvalue weighted by molar-refractivity contribution is -0.136. The molecule has 1 aromatic carbocycles. The fourth-order valence-corrected chi connectivity index (χ4v) is 6.04. The molecule has 2 N–H and O–H groups in total. The highest BCUT2D eigenvalue weighted by molar-refractivity contribution is 6.05. The summed E-state index contributed by atoms with van der Waals surface area (Å²) in [4.78, 5) is 38.2. The summed E-state index contributed by atoms with van der Waals surface area (Å²) < 4.78 is 6.42. The number of hydrogen-bond acceptors (Lipinski definition) is 6. The molecule has 0 aromatic heterocycles. The van der Waals surface area contributed by atoms with E-state index < -0.39 is 11.9 Å². The van der Waals surface area contributed by atoms with E-state index >= 15 is 0 Å². The zero-order chi connectivity index (χ0) is 23.9. The highest BCUT2D eigenvalue weighted by Crippen LogP contribution is 2.44. The van der Waals surface area contributed by atoms with Gasteiger partial charge in [-0.25, -0.2) is 0 Å². The zero-order valence-corrected chi connectivity index (χ0v) is 19.6. The number of ether oxygens (including phenoxy) is 1. The third-order valence-electron chi connectivity index (χ3n) is 7.90. The van der Waals surface area contributed by atoms with Crippen molar-refractivity contribution < 1.29 is 19.1 Å². The van der Waals surface area contributed by atoms with Gasteiger partial charge in [0, 0.05) is 24.6 Å². The lowest BCUT2D eigenvalue weighted by Crippen LogP contribution is -2.52. The van der Waals surface area contributed by atoms with Gasteiger partial charge in [-0.1, -0.05) is 6.42 Å². The molecule has 8 nitrogen and oxygen atoms in total. The van der Waals surface area contributed by atoms with Crippen LogP contribution in [-0.4, -0.2) is 47.4 Å². The first-order valence-electron chi connectivity index (χ1n) is 12.4. The molecule has 2 aliphatic heterocycles. The zero-order valence-electron chi connectivity index (χ0n) is 19.6. The summed E-state index contributed by atoms with van der Waals surface area (Å²) >= 11 is 0. The Bertz CT molecular complexity index is 1040. The van der Waals surface area contributed by atoms with Crippen molar-refractivity contribution in [1.82, 2.24) is 15.5 Å². The molecule has 5 rings (SSSR count). The van der Waals surface area contributed by atoms with Gasteiger partial charge in [0.2, 0.25) is 11.8 Å². The second-order valence-electron chi connectivity index (χ2n) is 10.6. The average molecular weight is 465 g/mol. The first-order chi connectivity index (χ1) is 16.3. The molecular weight excluding hydrogens is 432 g/mol. The predicted octanol–water partition coefficient (Wildman–Crippen LogP) is 2.67. The van der Waals surface area contributed by atoms with Crippen LogP contribution in [0.1, 0.15) is 74.2 Å². The van der Waals surface area contributed by atoms with E-state index in [1.54, 1.807) is 11.0 Å². The second-order valence-corrected chi connectivity index (χ2v) is 10.6. The van der Waals surface area contributed by atoms with Crippen LogP contribution in [0.25, 0.3) is 0 Å². The van der Waals surface area contributed by atoms with Crippen molar-refractivity contribution >= 4 is 17.7 Å². The van der Waals surface area contributed by atoms with Crippen molar-refractivity contribution in [3.63, 3.8) is 0 Å². The Balaban J connectivity index is 1.21. The first kappa shape index (κ1) is 22.9. The Hall–Kier alpha value is -2.92. The molecule has 8 heteroatoms. The number of fused-ring (bicyclic) bond motifs is 1. The molecule has 4 aliphatic rings. The maximum Gasteiger partial charge on any atom is 0.255 e. The number of hydrogen-bond donors (Lipinski definition) is 2. The minimum Gasteiger partial charge on any atom is -0.489 e. The molecule has 3 unspecified atom stereocenters. The predicted molar refractivity (Wildman–Crippen MR) is 124 cm³/mol. The van der Waals surface area contributed by atoms with Crippen LogP contribution in [0.3, 0.4) is 0 Å². The molecule has 2 aliphatic carbocycles. The van der Waals surface area contributed by atoms with E-state index in [1.807, 2.05) is 19.1 Å². The Kier molecular flexibility index (Phi) is 6.07. The fourth-order valence-electron chi connectivity index (χ4n) is 6.04. The molecule has 1 aromatic rings. The third-order valence-corrected chi connectivity index (χ3v) is 7.90. The average Bonchev–Trinajstić information content (AvgIpc) is 3.12. The number of imide groups is 1. The van der Waals surface area contributed by atoms with Crippen molar-refractivity contribution in [2.45, 2.75) is 83.0 Å². The molecule has 3 atom stereocenters. The van der Waals surface area contributed by atoms with Gasteiger partial charge in [0.15, 0.2) is 0 Å². The highest BCUT2D eigenvalue weighted by atomic mass is 16.5. The van der Waals surface area contributed by atoms with E-state index in [1.165, 1.54) is 6.42 Å². The van der Waals surface area contributed by atoms with Crippen molar-refractivity contribution in [1.29, 1.82) is 5.26 Å². The fraction of sp³-hybridized carbons (Fsp3) is 0.615. The van der Waals surface area contributed by atoms with Crippen molar-refractivity contribution in [2.24, 2.45) is 11.3 Å². The van der Waals surface area contributed by atoms with Crippen LogP contribution >= 0.6 is 0 Å². The third kappa shape index (κ3) is 4.41. The van der Waals surface area contributed by atoms with E-state index in [-0.39, 0.29) is 35.8 Å². The first-order valence-corrected chi connectivity index (χ1v) is 12.4. The van der Waals surface area contributed by atoms with Crippen molar-refractivity contribution in [3.8, 4) is 11.8 Å². The van der Waals surface area contributed by atoms with E-state index in [0.29, 0.717) is 24.4 Å². The van der Waals surface area contributed by atoms with Crippen LogP contribution in [0, 0.1) is 22.7 Å². The van der Waals surface area contributed by atoms with Crippen LogP contribution in [-0.2, 0) is 16.1 Å². The number of nitrogens with one attached hydrogen (secondary N) is 2. The molecule has 2 heterocycles. The van der Waals surface area contributed by atoms with E-state index in [4.69, 9.17) is 4.74 Å². The molecule has 180 valence electrons. The normalized spacial score (nSPS) is 33.1. The minimum absolute atomic E-state index is 0.0672. The molecule has 3 amide bonds. The van der Waals surface area contributed by atoms with Crippen molar-refractivity contribution in [2.75, 3.05) is 6.54 Å². The van der Waals surface area contributed by atoms with Crippen LogP contribution in [0.2, 0.25) is 0 Å².